The molecule has 116 valence electrons. The molecule has 0 bridgehead atoms. The van der Waals surface area contributed by atoms with Gasteiger partial charge in [-0.05, 0) is 24.5 Å². The molecule has 2 N–H and O–H groups in total. The molecule has 1 saturated heterocycles. The third kappa shape index (κ3) is 2.98. The predicted octanol–water partition coefficient (Wildman–Crippen LogP) is 1.76. The molecule has 1 aliphatic carbocycles. The maximum Gasteiger partial charge on any atom is 0.0868 e. The molecule has 1 aromatic rings. The molecule has 2 aliphatic rings. The zero-order valence-corrected chi connectivity index (χ0v) is 13.0. The summed E-state index contributed by atoms with van der Waals surface area (Å²) in [5.41, 5.74) is 0.528. The van der Waals surface area contributed by atoms with Crippen LogP contribution in [-0.4, -0.2) is 52.8 Å². The van der Waals surface area contributed by atoms with E-state index in [1.807, 2.05) is 12.3 Å². The summed E-state index contributed by atoms with van der Waals surface area (Å²) < 4.78 is 0. The average molecular weight is 289 g/mol. The van der Waals surface area contributed by atoms with E-state index in [2.05, 4.69) is 28.2 Å². The van der Waals surface area contributed by atoms with Gasteiger partial charge in [-0.2, -0.15) is 0 Å². The third-order valence-electron chi connectivity index (χ3n) is 5.41. The van der Waals surface area contributed by atoms with Crippen LogP contribution in [0.15, 0.2) is 24.5 Å². The lowest BCUT2D eigenvalue weighted by molar-refractivity contribution is -0.0914. The summed E-state index contributed by atoms with van der Waals surface area (Å²) in [6, 6.07) is 4.35. The number of hydrogen-bond acceptors (Lipinski definition) is 4. The summed E-state index contributed by atoms with van der Waals surface area (Å²) in [7, 11) is 0. The molecule has 3 rings (SSSR count). The molecule has 1 aliphatic heterocycles. The minimum atomic E-state index is -0.626. The molecule has 3 unspecified atom stereocenters. The molecular weight excluding hydrogens is 262 g/mol. The van der Waals surface area contributed by atoms with Crippen LogP contribution in [-0.2, 0) is 0 Å². The monoisotopic (exact) mass is 289 g/mol. The Morgan fingerprint density at radius 2 is 2.19 bits per heavy atom. The topological polar surface area (TPSA) is 48.4 Å². The molecule has 4 heteroatoms. The molecule has 3 atom stereocenters. The molecule has 0 radical (unpaired) electrons. The number of aliphatic hydroxyl groups is 1. The number of nitrogens with zero attached hydrogens (tertiary/aromatic N) is 2. The van der Waals surface area contributed by atoms with Crippen LogP contribution >= 0.6 is 0 Å². The van der Waals surface area contributed by atoms with Crippen LogP contribution in [0.25, 0.3) is 0 Å². The van der Waals surface area contributed by atoms with Gasteiger partial charge in [-0.15, -0.1) is 0 Å². The van der Waals surface area contributed by atoms with Crippen molar-refractivity contribution in [2.75, 3.05) is 26.2 Å². The lowest BCUT2D eigenvalue weighted by atomic mass is 9.70. The Hall–Kier alpha value is -0.970. The fourth-order valence-electron chi connectivity index (χ4n) is 4.08. The Morgan fingerprint density at radius 3 is 2.90 bits per heavy atom. The SMILES string of the molecule is CC(c1cccnc1)C1(O)CCCCC1N1CCNCC1. The first-order valence-electron chi connectivity index (χ1n) is 8.29. The second-order valence-electron chi connectivity index (χ2n) is 6.55. The lowest BCUT2D eigenvalue weighted by Gasteiger charge is -2.50. The van der Waals surface area contributed by atoms with Gasteiger partial charge in [0, 0.05) is 50.5 Å². The summed E-state index contributed by atoms with van der Waals surface area (Å²) in [6.45, 7) is 6.33. The standard InChI is InChI=1S/C17H27N3O/c1-14(15-5-4-8-19-13-15)17(21)7-3-2-6-16(17)20-11-9-18-10-12-20/h4-5,8,13-14,16,18,21H,2-3,6-7,9-12H2,1H3. The Kier molecular flexibility index (Phi) is 4.57. The highest BCUT2D eigenvalue weighted by Crippen LogP contribution is 2.42. The van der Waals surface area contributed by atoms with E-state index < -0.39 is 5.60 Å². The second kappa shape index (κ2) is 6.42. The third-order valence-corrected chi connectivity index (χ3v) is 5.41. The Bertz CT molecular complexity index is 447. The molecule has 0 spiro atoms. The number of nitrogens with one attached hydrogen (secondary N) is 1. The van der Waals surface area contributed by atoms with Crippen LogP contribution in [0.2, 0.25) is 0 Å². The molecular formula is C17H27N3O. The summed E-state index contributed by atoms with van der Waals surface area (Å²) in [5.74, 6) is 0.131. The van der Waals surface area contributed by atoms with E-state index >= 15 is 0 Å². The fraction of sp³-hybridized carbons (Fsp3) is 0.706. The van der Waals surface area contributed by atoms with Gasteiger partial charge in [-0.1, -0.05) is 25.8 Å². The van der Waals surface area contributed by atoms with E-state index in [0.29, 0.717) is 0 Å². The fourth-order valence-corrected chi connectivity index (χ4v) is 4.08. The van der Waals surface area contributed by atoms with Gasteiger partial charge in [0.2, 0.25) is 0 Å². The van der Waals surface area contributed by atoms with E-state index in [4.69, 9.17) is 0 Å². The normalized spacial score (nSPS) is 32.8. The minimum Gasteiger partial charge on any atom is -0.388 e. The van der Waals surface area contributed by atoms with Crippen molar-refractivity contribution in [3.05, 3.63) is 30.1 Å². The van der Waals surface area contributed by atoms with Crippen molar-refractivity contribution in [1.29, 1.82) is 0 Å². The van der Waals surface area contributed by atoms with Gasteiger partial charge in [0.25, 0.3) is 0 Å². The summed E-state index contributed by atoms with van der Waals surface area (Å²) in [4.78, 5) is 6.74. The van der Waals surface area contributed by atoms with E-state index in [1.54, 1.807) is 6.20 Å². The molecule has 1 aromatic heterocycles. The van der Waals surface area contributed by atoms with Crippen molar-refractivity contribution in [3.8, 4) is 0 Å². The van der Waals surface area contributed by atoms with Gasteiger partial charge in [0.15, 0.2) is 0 Å². The van der Waals surface area contributed by atoms with Crippen molar-refractivity contribution in [3.63, 3.8) is 0 Å². The van der Waals surface area contributed by atoms with Crippen LogP contribution in [0.4, 0.5) is 0 Å². The molecule has 2 fully saturated rings. The van der Waals surface area contributed by atoms with Crippen molar-refractivity contribution in [2.24, 2.45) is 0 Å². The predicted molar refractivity (Wildman–Crippen MR) is 84.3 cm³/mol. The molecule has 0 amide bonds. The number of rotatable bonds is 3. The summed E-state index contributed by atoms with van der Waals surface area (Å²) in [5, 5.41) is 14.9. The minimum absolute atomic E-state index is 0.131. The largest absolute Gasteiger partial charge is 0.388 e. The zero-order chi connectivity index (χ0) is 14.7. The van der Waals surface area contributed by atoms with Crippen molar-refractivity contribution < 1.29 is 5.11 Å². The molecule has 2 heterocycles. The summed E-state index contributed by atoms with van der Waals surface area (Å²) >= 11 is 0. The van der Waals surface area contributed by atoms with Gasteiger partial charge in [-0.3, -0.25) is 9.88 Å². The van der Waals surface area contributed by atoms with Crippen LogP contribution in [0.1, 0.15) is 44.1 Å². The molecule has 0 aromatic carbocycles. The number of piperazine rings is 1. The molecule has 4 nitrogen and oxygen atoms in total. The van der Waals surface area contributed by atoms with Gasteiger partial charge < -0.3 is 10.4 Å². The van der Waals surface area contributed by atoms with E-state index in [0.717, 1.165) is 51.0 Å². The van der Waals surface area contributed by atoms with Gasteiger partial charge in [0.1, 0.15) is 0 Å². The van der Waals surface area contributed by atoms with Gasteiger partial charge in [-0.25, -0.2) is 0 Å². The number of pyridine rings is 1. The Labute approximate surface area is 127 Å². The van der Waals surface area contributed by atoms with Crippen molar-refractivity contribution in [2.45, 2.75) is 50.2 Å². The highest BCUT2D eigenvalue weighted by Gasteiger charge is 2.46. The van der Waals surface area contributed by atoms with E-state index in [-0.39, 0.29) is 12.0 Å². The van der Waals surface area contributed by atoms with Gasteiger partial charge >= 0.3 is 0 Å². The smallest absolute Gasteiger partial charge is 0.0868 e. The van der Waals surface area contributed by atoms with Crippen molar-refractivity contribution in [1.82, 2.24) is 15.2 Å². The first-order valence-corrected chi connectivity index (χ1v) is 8.29. The number of hydrogen-bond donors (Lipinski definition) is 2. The van der Waals surface area contributed by atoms with Crippen LogP contribution in [0.5, 0.6) is 0 Å². The molecule has 1 saturated carbocycles. The maximum absolute atomic E-state index is 11.5. The first-order chi connectivity index (χ1) is 10.2. The highest BCUT2D eigenvalue weighted by molar-refractivity contribution is 5.20. The molecule has 21 heavy (non-hydrogen) atoms. The Morgan fingerprint density at radius 1 is 1.38 bits per heavy atom. The first kappa shape index (κ1) is 14.9. The van der Waals surface area contributed by atoms with Crippen LogP contribution in [0, 0.1) is 0 Å². The highest BCUT2D eigenvalue weighted by atomic mass is 16.3. The number of aromatic nitrogens is 1. The van der Waals surface area contributed by atoms with E-state index in [9.17, 15) is 5.11 Å². The van der Waals surface area contributed by atoms with Crippen molar-refractivity contribution >= 4 is 0 Å². The quantitative estimate of drug-likeness (QED) is 0.890. The zero-order valence-electron chi connectivity index (χ0n) is 13.0. The average Bonchev–Trinajstić information content (AvgIpc) is 2.56. The Balaban J connectivity index is 1.84. The lowest BCUT2D eigenvalue weighted by Crippen LogP contribution is -2.60. The second-order valence-corrected chi connectivity index (χ2v) is 6.55. The van der Waals surface area contributed by atoms with Gasteiger partial charge in [0.05, 0.1) is 5.60 Å². The summed E-state index contributed by atoms with van der Waals surface area (Å²) in [6.07, 6.45) is 8.08. The maximum atomic E-state index is 11.5. The van der Waals surface area contributed by atoms with E-state index in [1.165, 1.54) is 6.42 Å². The van der Waals surface area contributed by atoms with Crippen LogP contribution in [0.3, 0.4) is 0 Å². The van der Waals surface area contributed by atoms with Crippen LogP contribution < -0.4 is 5.32 Å².